The van der Waals surface area contributed by atoms with E-state index in [4.69, 9.17) is 4.74 Å². The molecular weight excluding hydrogens is 370 g/mol. The van der Waals surface area contributed by atoms with Gasteiger partial charge in [-0.1, -0.05) is 30.3 Å². The number of ether oxygens (including phenoxy) is 1. The summed E-state index contributed by atoms with van der Waals surface area (Å²) in [5, 5.41) is 14.9. The molecule has 7 heteroatoms. The van der Waals surface area contributed by atoms with Gasteiger partial charge < -0.3 is 15.0 Å². The van der Waals surface area contributed by atoms with Gasteiger partial charge >= 0.3 is 0 Å². The molecule has 4 rings (SSSR count). The van der Waals surface area contributed by atoms with Crippen LogP contribution >= 0.6 is 0 Å². The van der Waals surface area contributed by atoms with E-state index in [1.54, 1.807) is 17.0 Å². The van der Waals surface area contributed by atoms with E-state index in [0.29, 0.717) is 19.7 Å². The summed E-state index contributed by atoms with van der Waals surface area (Å²) in [6, 6.07) is 15.0. The van der Waals surface area contributed by atoms with Crippen molar-refractivity contribution in [3.8, 4) is 0 Å². The molecule has 0 radical (unpaired) electrons. The smallest absolute Gasteiger partial charge is 0.282 e. The van der Waals surface area contributed by atoms with Crippen LogP contribution in [0.5, 0.6) is 0 Å². The Labute approximate surface area is 169 Å². The SMILES string of the molecule is O=C(c1cc(NC2CCOC(c3ccccc3)C2)ccc1[N+](=O)[O-])N1CCCC1. The molecule has 2 unspecified atom stereocenters. The molecule has 152 valence electrons. The van der Waals surface area contributed by atoms with Crippen LogP contribution in [0.2, 0.25) is 0 Å². The maximum Gasteiger partial charge on any atom is 0.282 e. The third-order valence-corrected chi connectivity index (χ3v) is 5.64. The quantitative estimate of drug-likeness (QED) is 0.607. The highest BCUT2D eigenvalue weighted by Gasteiger charge is 2.28. The molecule has 2 aliphatic heterocycles. The first kappa shape index (κ1) is 19.4. The minimum absolute atomic E-state index is 0.0196. The van der Waals surface area contributed by atoms with Crippen LogP contribution in [0.15, 0.2) is 48.5 Å². The number of carbonyl (C=O) groups excluding carboxylic acids is 1. The highest BCUT2D eigenvalue weighted by Crippen LogP contribution is 2.31. The number of rotatable bonds is 5. The fourth-order valence-corrected chi connectivity index (χ4v) is 4.11. The first-order chi connectivity index (χ1) is 14.1. The van der Waals surface area contributed by atoms with Crippen molar-refractivity contribution in [3.63, 3.8) is 0 Å². The highest BCUT2D eigenvalue weighted by atomic mass is 16.6. The maximum atomic E-state index is 12.8. The molecule has 2 aliphatic rings. The number of hydrogen-bond donors (Lipinski definition) is 1. The Hall–Kier alpha value is -2.93. The van der Waals surface area contributed by atoms with E-state index in [2.05, 4.69) is 17.4 Å². The Morgan fingerprint density at radius 2 is 1.90 bits per heavy atom. The molecule has 1 amide bonds. The van der Waals surface area contributed by atoms with Crippen molar-refractivity contribution in [2.24, 2.45) is 0 Å². The number of amides is 1. The third-order valence-electron chi connectivity index (χ3n) is 5.64. The summed E-state index contributed by atoms with van der Waals surface area (Å²) in [4.78, 5) is 25.5. The van der Waals surface area contributed by atoms with E-state index in [9.17, 15) is 14.9 Å². The fourth-order valence-electron chi connectivity index (χ4n) is 4.11. The summed E-state index contributed by atoms with van der Waals surface area (Å²) < 4.78 is 5.92. The zero-order valence-electron chi connectivity index (χ0n) is 16.3. The Balaban J connectivity index is 1.51. The van der Waals surface area contributed by atoms with Gasteiger partial charge in [0.2, 0.25) is 0 Å². The van der Waals surface area contributed by atoms with Crippen LogP contribution in [0.1, 0.15) is 47.7 Å². The molecule has 0 bridgehead atoms. The minimum atomic E-state index is -0.479. The monoisotopic (exact) mass is 395 g/mol. The second-order valence-corrected chi connectivity index (χ2v) is 7.62. The van der Waals surface area contributed by atoms with Gasteiger partial charge in [-0.2, -0.15) is 0 Å². The van der Waals surface area contributed by atoms with Crippen molar-refractivity contribution in [2.45, 2.75) is 37.8 Å². The predicted molar refractivity (Wildman–Crippen MR) is 110 cm³/mol. The van der Waals surface area contributed by atoms with Crippen LogP contribution in [0.4, 0.5) is 11.4 Å². The number of hydrogen-bond acceptors (Lipinski definition) is 5. The van der Waals surface area contributed by atoms with Crippen molar-refractivity contribution >= 4 is 17.3 Å². The van der Waals surface area contributed by atoms with Crippen molar-refractivity contribution in [1.29, 1.82) is 0 Å². The number of nitrogens with zero attached hydrogens (tertiary/aromatic N) is 2. The molecule has 0 spiro atoms. The van der Waals surface area contributed by atoms with Crippen molar-refractivity contribution in [3.05, 3.63) is 69.8 Å². The minimum Gasteiger partial charge on any atom is -0.382 e. The Kier molecular flexibility index (Phi) is 5.76. The van der Waals surface area contributed by atoms with Crippen LogP contribution in [0.25, 0.3) is 0 Å². The lowest BCUT2D eigenvalue weighted by molar-refractivity contribution is -0.385. The van der Waals surface area contributed by atoms with Gasteiger partial charge in [-0.25, -0.2) is 0 Å². The number of nitrogens with one attached hydrogen (secondary N) is 1. The lowest BCUT2D eigenvalue weighted by atomic mass is 9.97. The van der Waals surface area contributed by atoms with Crippen LogP contribution < -0.4 is 5.32 Å². The van der Waals surface area contributed by atoms with Gasteiger partial charge in [-0.3, -0.25) is 14.9 Å². The van der Waals surface area contributed by atoms with Crippen LogP contribution in [-0.2, 0) is 4.74 Å². The molecule has 2 aromatic rings. The molecule has 2 atom stereocenters. The average molecular weight is 395 g/mol. The summed E-state index contributed by atoms with van der Waals surface area (Å²) in [5.41, 5.74) is 1.90. The van der Waals surface area contributed by atoms with Crippen LogP contribution in [0.3, 0.4) is 0 Å². The topological polar surface area (TPSA) is 84.7 Å². The molecule has 0 aromatic heterocycles. The lowest BCUT2D eigenvalue weighted by Crippen LogP contribution is -2.31. The summed E-state index contributed by atoms with van der Waals surface area (Å²) >= 11 is 0. The standard InChI is InChI=1S/C22H25N3O4/c26-22(24-11-4-5-12-24)19-14-17(8-9-20(19)25(27)28)23-18-10-13-29-21(15-18)16-6-2-1-3-7-16/h1-3,6-9,14,18,21,23H,4-5,10-13,15H2. The zero-order valence-corrected chi connectivity index (χ0v) is 16.3. The fraction of sp³-hybridized carbons (Fsp3) is 0.409. The Bertz CT molecular complexity index is 881. The molecular formula is C22H25N3O4. The maximum absolute atomic E-state index is 12.8. The molecule has 0 aliphatic carbocycles. The van der Waals surface area contributed by atoms with E-state index >= 15 is 0 Å². The molecule has 0 saturated carbocycles. The molecule has 7 nitrogen and oxygen atoms in total. The van der Waals surface area contributed by atoms with E-state index in [0.717, 1.165) is 36.9 Å². The van der Waals surface area contributed by atoms with Crippen molar-refractivity contribution in [2.75, 3.05) is 25.0 Å². The van der Waals surface area contributed by atoms with Crippen molar-refractivity contribution in [1.82, 2.24) is 4.90 Å². The van der Waals surface area contributed by atoms with Gasteiger partial charge in [0.15, 0.2) is 0 Å². The summed E-state index contributed by atoms with van der Waals surface area (Å²) in [6.07, 6.45) is 3.55. The van der Waals surface area contributed by atoms with Gasteiger partial charge in [0.1, 0.15) is 5.56 Å². The number of benzene rings is 2. The molecule has 29 heavy (non-hydrogen) atoms. The third kappa shape index (κ3) is 4.40. The largest absolute Gasteiger partial charge is 0.382 e. The average Bonchev–Trinajstić information content (AvgIpc) is 3.29. The Morgan fingerprint density at radius 3 is 2.62 bits per heavy atom. The summed E-state index contributed by atoms with van der Waals surface area (Å²) in [7, 11) is 0. The van der Waals surface area contributed by atoms with E-state index in [1.165, 1.54) is 6.07 Å². The number of nitro benzene ring substituents is 1. The number of likely N-dealkylation sites (tertiary alicyclic amines) is 1. The first-order valence-corrected chi connectivity index (χ1v) is 10.1. The highest BCUT2D eigenvalue weighted by molar-refractivity contribution is 5.99. The van der Waals surface area contributed by atoms with Gasteiger partial charge in [0, 0.05) is 37.5 Å². The summed E-state index contributed by atoms with van der Waals surface area (Å²) in [6.45, 7) is 1.96. The normalized spacial score (nSPS) is 21.7. The van der Waals surface area contributed by atoms with Gasteiger partial charge in [-0.05, 0) is 43.4 Å². The predicted octanol–water partition coefficient (Wildman–Crippen LogP) is 4.16. The molecule has 2 aromatic carbocycles. The number of nitro groups is 1. The molecule has 2 fully saturated rings. The van der Waals surface area contributed by atoms with Crippen molar-refractivity contribution < 1.29 is 14.5 Å². The van der Waals surface area contributed by atoms with Gasteiger partial charge in [0.05, 0.1) is 11.0 Å². The molecule has 1 N–H and O–H groups in total. The van der Waals surface area contributed by atoms with E-state index in [1.807, 2.05) is 18.2 Å². The first-order valence-electron chi connectivity index (χ1n) is 10.1. The zero-order chi connectivity index (χ0) is 20.2. The number of anilines is 1. The molecule has 2 saturated heterocycles. The van der Waals surface area contributed by atoms with Gasteiger partial charge in [-0.15, -0.1) is 0 Å². The molecule has 2 heterocycles. The number of carbonyl (C=O) groups is 1. The summed E-state index contributed by atoms with van der Waals surface area (Å²) in [5.74, 6) is -0.257. The van der Waals surface area contributed by atoms with Crippen LogP contribution in [0, 0.1) is 10.1 Å². The van der Waals surface area contributed by atoms with E-state index in [-0.39, 0.29) is 29.3 Å². The second kappa shape index (κ2) is 8.61. The second-order valence-electron chi connectivity index (χ2n) is 7.62. The Morgan fingerprint density at radius 1 is 1.14 bits per heavy atom. The van der Waals surface area contributed by atoms with E-state index < -0.39 is 4.92 Å². The van der Waals surface area contributed by atoms with Gasteiger partial charge in [0.25, 0.3) is 11.6 Å². The lowest BCUT2D eigenvalue weighted by Gasteiger charge is -2.31. The van der Waals surface area contributed by atoms with Crippen LogP contribution in [-0.4, -0.2) is 41.5 Å².